The van der Waals surface area contributed by atoms with E-state index in [9.17, 15) is 9.59 Å². The molecule has 3 heterocycles. The van der Waals surface area contributed by atoms with Crippen LogP contribution >= 0.6 is 12.2 Å². The fourth-order valence-electron chi connectivity index (χ4n) is 5.39. The Morgan fingerprint density at radius 3 is 2.35 bits per heavy atom. The van der Waals surface area contributed by atoms with Crippen LogP contribution in [0.3, 0.4) is 0 Å². The van der Waals surface area contributed by atoms with E-state index in [0.717, 1.165) is 11.3 Å². The zero-order valence-electron chi connectivity index (χ0n) is 19.8. The molecule has 0 fully saturated rings. The Morgan fingerprint density at radius 1 is 1.00 bits per heavy atom. The molecule has 0 radical (unpaired) electrons. The number of carbonyl (C=O) groups excluding carboxylic acids is 1. The van der Waals surface area contributed by atoms with Gasteiger partial charge in [-0.05, 0) is 32.1 Å². The van der Waals surface area contributed by atoms with Crippen molar-refractivity contribution in [3.05, 3.63) is 68.2 Å². The van der Waals surface area contributed by atoms with Gasteiger partial charge < -0.3 is 24.3 Å². The standard InChI is InChI=1S/C25H26N4O4S/c1-6-28-21-20(22(30)29(7-2)24(28)34)25(15-10-8-9-11-17(15)27(3)23(25)31)19-16(26-21)12-14(32-4)13-18(19)33-5/h8-13,26H,6-7H2,1-5H3/t25-/m0/s1. The first kappa shape index (κ1) is 22.2. The van der Waals surface area contributed by atoms with Crippen LogP contribution in [-0.2, 0) is 23.3 Å². The molecule has 2 aliphatic rings. The Labute approximate surface area is 202 Å². The van der Waals surface area contributed by atoms with Crippen molar-refractivity contribution in [1.29, 1.82) is 0 Å². The third kappa shape index (κ3) is 2.55. The van der Waals surface area contributed by atoms with E-state index in [4.69, 9.17) is 21.7 Å². The molecule has 176 valence electrons. The van der Waals surface area contributed by atoms with E-state index in [1.165, 1.54) is 0 Å². The zero-order chi connectivity index (χ0) is 24.4. The van der Waals surface area contributed by atoms with Gasteiger partial charge in [0.05, 0.1) is 25.5 Å². The van der Waals surface area contributed by atoms with Crippen LogP contribution in [-0.4, -0.2) is 36.3 Å². The minimum Gasteiger partial charge on any atom is -0.497 e. The first-order valence-corrected chi connectivity index (χ1v) is 11.6. The van der Waals surface area contributed by atoms with E-state index in [1.807, 2.05) is 48.7 Å². The second-order valence-electron chi connectivity index (χ2n) is 8.31. The third-order valence-corrected chi connectivity index (χ3v) is 7.33. The summed E-state index contributed by atoms with van der Waals surface area (Å²) in [6.45, 7) is 4.75. The zero-order valence-corrected chi connectivity index (χ0v) is 20.6. The second-order valence-corrected chi connectivity index (χ2v) is 8.67. The molecule has 8 nitrogen and oxygen atoms in total. The quantitative estimate of drug-likeness (QED) is 0.575. The molecule has 1 N–H and O–H groups in total. The van der Waals surface area contributed by atoms with Gasteiger partial charge in [-0.1, -0.05) is 18.2 Å². The molecule has 2 aromatic carbocycles. The van der Waals surface area contributed by atoms with Gasteiger partial charge in [-0.3, -0.25) is 14.2 Å². The summed E-state index contributed by atoms with van der Waals surface area (Å²) >= 11 is 5.69. The number of aromatic nitrogens is 2. The molecule has 1 aromatic heterocycles. The second kappa shape index (κ2) is 7.73. The van der Waals surface area contributed by atoms with Crippen LogP contribution < -0.4 is 25.2 Å². The number of para-hydroxylation sites is 1. The van der Waals surface area contributed by atoms with Crippen molar-refractivity contribution in [2.24, 2.45) is 0 Å². The van der Waals surface area contributed by atoms with Gasteiger partial charge in [-0.2, -0.15) is 0 Å². The molecule has 9 heteroatoms. The lowest BCUT2D eigenvalue weighted by atomic mass is 9.67. The van der Waals surface area contributed by atoms with Crippen LogP contribution in [0.5, 0.6) is 11.5 Å². The molecule has 1 atom stereocenters. The predicted octanol–water partition coefficient (Wildman–Crippen LogP) is 3.80. The average molecular weight is 479 g/mol. The first-order valence-electron chi connectivity index (χ1n) is 11.2. The van der Waals surface area contributed by atoms with Crippen molar-refractivity contribution < 1.29 is 14.3 Å². The summed E-state index contributed by atoms with van der Waals surface area (Å²) in [5.74, 6) is 1.32. The Kier molecular flexibility index (Phi) is 5.05. The first-order chi connectivity index (χ1) is 16.4. The van der Waals surface area contributed by atoms with Crippen molar-refractivity contribution in [2.75, 3.05) is 31.5 Å². The van der Waals surface area contributed by atoms with Gasteiger partial charge in [-0.15, -0.1) is 0 Å². The van der Waals surface area contributed by atoms with Gasteiger partial charge in [-0.25, -0.2) is 0 Å². The number of methoxy groups -OCH3 is 2. The Bertz CT molecular complexity index is 1470. The van der Waals surface area contributed by atoms with E-state index in [1.54, 1.807) is 36.8 Å². The van der Waals surface area contributed by atoms with E-state index < -0.39 is 5.41 Å². The van der Waals surface area contributed by atoms with Crippen molar-refractivity contribution >= 4 is 35.3 Å². The van der Waals surface area contributed by atoms with Gasteiger partial charge in [0, 0.05) is 49.1 Å². The van der Waals surface area contributed by atoms with Crippen LogP contribution in [0.1, 0.15) is 30.5 Å². The Balaban J connectivity index is 2.07. The van der Waals surface area contributed by atoms with Crippen molar-refractivity contribution in [2.45, 2.75) is 32.4 Å². The molecule has 0 saturated carbocycles. The smallest absolute Gasteiger partial charge is 0.261 e. The van der Waals surface area contributed by atoms with Crippen LogP contribution in [0, 0.1) is 4.77 Å². The van der Waals surface area contributed by atoms with Crippen LogP contribution in [0.25, 0.3) is 0 Å². The molecule has 1 amide bonds. The highest BCUT2D eigenvalue weighted by Gasteiger charge is 2.59. The summed E-state index contributed by atoms with van der Waals surface area (Å²) in [7, 11) is 4.86. The van der Waals surface area contributed by atoms with E-state index >= 15 is 0 Å². The van der Waals surface area contributed by atoms with Crippen molar-refractivity contribution in [1.82, 2.24) is 9.13 Å². The number of amides is 1. The third-order valence-electron chi connectivity index (χ3n) is 6.89. The lowest BCUT2D eigenvalue weighted by Crippen LogP contribution is -2.49. The SMILES string of the molecule is CCn1c2c(c(=O)n(CC)c1=S)[C@@]1(C(=O)N(C)c3ccccc31)c1c(cc(OC)cc1OC)N2. The van der Waals surface area contributed by atoms with Crippen LogP contribution in [0.15, 0.2) is 41.2 Å². The van der Waals surface area contributed by atoms with Gasteiger partial charge in [0.25, 0.3) is 5.56 Å². The maximum atomic E-state index is 14.4. The average Bonchev–Trinajstić information content (AvgIpc) is 3.06. The molecule has 34 heavy (non-hydrogen) atoms. The Morgan fingerprint density at radius 2 is 1.71 bits per heavy atom. The maximum absolute atomic E-state index is 14.4. The van der Waals surface area contributed by atoms with Crippen molar-refractivity contribution in [3.8, 4) is 11.5 Å². The highest BCUT2D eigenvalue weighted by Crippen LogP contribution is 2.58. The summed E-state index contributed by atoms with van der Waals surface area (Å²) < 4.78 is 15.1. The predicted molar refractivity (Wildman–Crippen MR) is 133 cm³/mol. The molecule has 0 saturated heterocycles. The molecular weight excluding hydrogens is 452 g/mol. The number of hydrogen-bond donors (Lipinski definition) is 1. The minimum absolute atomic E-state index is 0.222. The van der Waals surface area contributed by atoms with Gasteiger partial charge in [0.15, 0.2) is 4.77 Å². The molecule has 0 aliphatic carbocycles. The molecule has 1 spiro atoms. The summed E-state index contributed by atoms with van der Waals surface area (Å²) in [5.41, 5.74) is 1.35. The van der Waals surface area contributed by atoms with E-state index in [-0.39, 0.29) is 11.5 Å². The highest BCUT2D eigenvalue weighted by molar-refractivity contribution is 7.71. The molecule has 3 aromatic rings. The number of fused-ring (bicyclic) bond motifs is 6. The van der Waals surface area contributed by atoms with Crippen LogP contribution in [0.2, 0.25) is 0 Å². The largest absolute Gasteiger partial charge is 0.497 e. The van der Waals surface area contributed by atoms with Gasteiger partial charge >= 0.3 is 0 Å². The summed E-state index contributed by atoms with van der Waals surface area (Å²) in [6.07, 6.45) is 0. The number of benzene rings is 2. The number of anilines is 3. The van der Waals surface area contributed by atoms with Crippen LogP contribution in [0.4, 0.5) is 17.2 Å². The number of nitrogens with zero attached hydrogens (tertiary/aromatic N) is 3. The topological polar surface area (TPSA) is 77.7 Å². The molecule has 2 aliphatic heterocycles. The molecular formula is C25H26N4O4S. The summed E-state index contributed by atoms with van der Waals surface area (Å²) in [4.78, 5) is 30.1. The molecule has 0 unspecified atom stereocenters. The minimum atomic E-state index is -1.41. The highest BCUT2D eigenvalue weighted by atomic mass is 32.1. The number of nitrogens with one attached hydrogen (secondary N) is 1. The number of hydrogen-bond acceptors (Lipinski definition) is 6. The number of likely N-dealkylation sites (N-methyl/N-ethyl adjacent to an activating group) is 1. The van der Waals surface area contributed by atoms with Gasteiger partial charge in [0.1, 0.15) is 22.7 Å². The fraction of sp³-hybridized carbons (Fsp3) is 0.320. The number of carbonyl (C=O) groups is 1. The van der Waals surface area contributed by atoms with E-state index in [2.05, 4.69) is 5.32 Å². The lowest BCUT2D eigenvalue weighted by Gasteiger charge is -2.39. The molecule has 0 bridgehead atoms. The monoisotopic (exact) mass is 478 g/mol. The van der Waals surface area contributed by atoms with E-state index in [0.29, 0.717) is 52.0 Å². The van der Waals surface area contributed by atoms with Crippen molar-refractivity contribution in [3.63, 3.8) is 0 Å². The van der Waals surface area contributed by atoms with Gasteiger partial charge in [0.2, 0.25) is 5.91 Å². The summed E-state index contributed by atoms with van der Waals surface area (Å²) in [5, 5.41) is 3.41. The number of rotatable bonds is 4. The molecule has 5 rings (SSSR count). The number of ether oxygens (including phenoxy) is 2. The lowest BCUT2D eigenvalue weighted by molar-refractivity contribution is -0.120. The summed E-state index contributed by atoms with van der Waals surface area (Å²) in [6, 6.07) is 11.1. The maximum Gasteiger partial charge on any atom is 0.261 e. The Hall–Kier alpha value is -3.59. The normalized spacial score (nSPS) is 17.8. The fourth-order valence-corrected chi connectivity index (χ4v) is 5.82.